The molecule has 1 atom stereocenters. The molecule has 20 heavy (non-hydrogen) atoms. The first-order valence-electron chi connectivity index (χ1n) is 7.13. The fraction of sp³-hybridized carbons (Fsp3) is 0.333. The highest BCUT2D eigenvalue weighted by Crippen LogP contribution is 2.33. The second-order valence-electron chi connectivity index (χ2n) is 5.36. The molecule has 1 unspecified atom stereocenters. The monoisotopic (exact) mass is 269 g/mol. The van der Waals surface area contributed by atoms with Crippen LogP contribution in [0.15, 0.2) is 36.4 Å². The molecule has 2 N–H and O–H groups in total. The third-order valence-corrected chi connectivity index (χ3v) is 3.74. The largest absolute Gasteiger partial charge is 0.457 e. The van der Waals surface area contributed by atoms with Crippen LogP contribution in [0.3, 0.4) is 0 Å². The highest BCUT2D eigenvalue weighted by Gasteiger charge is 2.12. The molecule has 0 radical (unpaired) electrons. The Bertz CT molecular complexity index is 604. The zero-order valence-electron chi connectivity index (χ0n) is 12.7. The Labute approximate surface area is 121 Å². The smallest absolute Gasteiger partial charge is 0.132 e. The summed E-state index contributed by atoms with van der Waals surface area (Å²) in [4.78, 5) is 0. The highest BCUT2D eigenvalue weighted by molar-refractivity contribution is 5.46. The van der Waals surface area contributed by atoms with Crippen molar-refractivity contribution in [3.05, 3.63) is 58.7 Å². The summed E-state index contributed by atoms with van der Waals surface area (Å²) in [5.41, 5.74) is 10.9. The summed E-state index contributed by atoms with van der Waals surface area (Å²) in [6, 6.07) is 12.3. The van der Waals surface area contributed by atoms with Gasteiger partial charge in [0.05, 0.1) is 0 Å². The van der Waals surface area contributed by atoms with Crippen molar-refractivity contribution in [1.29, 1.82) is 0 Å². The normalized spacial score (nSPS) is 12.2. The molecular formula is C18H23NO. The van der Waals surface area contributed by atoms with Gasteiger partial charge in [0.25, 0.3) is 0 Å². The molecular weight excluding hydrogens is 246 g/mol. The first-order valence-corrected chi connectivity index (χ1v) is 7.13. The summed E-state index contributed by atoms with van der Waals surface area (Å²) < 4.78 is 6.14. The minimum atomic E-state index is 0.0115. The zero-order chi connectivity index (χ0) is 14.7. The Balaban J connectivity index is 2.40. The van der Waals surface area contributed by atoms with E-state index in [1.54, 1.807) is 0 Å². The van der Waals surface area contributed by atoms with Crippen LogP contribution in [0, 0.1) is 20.8 Å². The van der Waals surface area contributed by atoms with Crippen molar-refractivity contribution >= 4 is 0 Å². The molecule has 0 aliphatic carbocycles. The van der Waals surface area contributed by atoms with Gasteiger partial charge in [-0.1, -0.05) is 31.2 Å². The lowest BCUT2D eigenvalue weighted by Crippen LogP contribution is -2.10. The van der Waals surface area contributed by atoms with Crippen molar-refractivity contribution in [2.45, 2.75) is 40.2 Å². The fourth-order valence-corrected chi connectivity index (χ4v) is 2.32. The molecule has 0 aliphatic heterocycles. The Morgan fingerprint density at radius 2 is 1.75 bits per heavy atom. The van der Waals surface area contributed by atoms with Gasteiger partial charge in [-0.25, -0.2) is 0 Å². The van der Waals surface area contributed by atoms with E-state index in [1.807, 2.05) is 24.3 Å². The summed E-state index contributed by atoms with van der Waals surface area (Å²) >= 11 is 0. The second kappa shape index (κ2) is 6.10. The van der Waals surface area contributed by atoms with E-state index in [0.29, 0.717) is 0 Å². The van der Waals surface area contributed by atoms with Gasteiger partial charge in [0.1, 0.15) is 11.5 Å². The number of aryl methyl sites for hydroxylation is 2. The lowest BCUT2D eigenvalue weighted by Gasteiger charge is -2.17. The van der Waals surface area contributed by atoms with Crippen LogP contribution in [0.2, 0.25) is 0 Å². The quantitative estimate of drug-likeness (QED) is 0.864. The lowest BCUT2D eigenvalue weighted by atomic mass is 10.0. The van der Waals surface area contributed by atoms with Crippen molar-refractivity contribution in [2.24, 2.45) is 5.73 Å². The van der Waals surface area contributed by atoms with E-state index in [9.17, 15) is 0 Å². The molecule has 0 saturated heterocycles. The number of nitrogens with two attached hydrogens (primary N) is 1. The Hall–Kier alpha value is -1.80. The van der Waals surface area contributed by atoms with E-state index in [2.05, 4.69) is 39.8 Å². The van der Waals surface area contributed by atoms with Crippen molar-refractivity contribution in [3.63, 3.8) is 0 Å². The molecule has 0 bridgehead atoms. The lowest BCUT2D eigenvalue weighted by molar-refractivity contribution is 0.464. The third kappa shape index (κ3) is 3.02. The molecule has 2 rings (SSSR count). The van der Waals surface area contributed by atoms with Gasteiger partial charge < -0.3 is 10.5 Å². The molecule has 0 amide bonds. The zero-order valence-corrected chi connectivity index (χ0v) is 12.7. The van der Waals surface area contributed by atoms with Crippen molar-refractivity contribution < 1.29 is 4.74 Å². The molecule has 0 saturated carbocycles. The van der Waals surface area contributed by atoms with Crippen LogP contribution in [-0.2, 0) is 0 Å². The first-order chi connectivity index (χ1) is 9.52. The van der Waals surface area contributed by atoms with E-state index < -0.39 is 0 Å². The number of rotatable bonds is 4. The van der Waals surface area contributed by atoms with Crippen LogP contribution < -0.4 is 10.5 Å². The van der Waals surface area contributed by atoms with Gasteiger partial charge in [0, 0.05) is 11.6 Å². The van der Waals surface area contributed by atoms with Crippen LogP contribution in [0.4, 0.5) is 0 Å². The topological polar surface area (TPSA) is 35.2 Å². The Kier molecular flexibility index (Phi) is 4.46. The SMILES string of the molecule is CCC(N)c1ccccc1Oc1cc(C)cc(C)c1C. The van der Waals surface area contributed by atoms with Crippen LogP contribution >= 0.6 is 0 Å². The third-order valence-electron chi connectivity index (χ3n) is 3.74. The van der Waals surface area contributed by atoms with Crippen molar-refractivity contribution in [2.75, 3.05) is 0 Å². The average molecular weight is 269 g/mol. The van der Waals surface area contributed by atoms with Gasteiger partial charge in [-0.15, -0.1) is 0 Å². The van der Waals surface area contributed by atoms with Crippen LogP contribution in [0.1, 0.15) is 41.6 Å². The molecule has 0 heterocycles. The van der Waals surface area contributed by atoms with Crippen molar-refractivity contribution in [1.82, 2.24) is 0 Å². The van der Waals surface area contributed by atoms with E-state index >= 15 is 0 Å². The minimum Gasteiger partial charge on any atom is -0.457 e. The van der Waals surface area contributed by atoms with Gasteiger partial charge in [-0.2, -0.15) is 0 Å². The molecule has 2 aromatic rings. The van der Waals surface area contributed by atoms with Gasteiger partial charge in [0.15, 0.2) is 0 Å². The van der Waals surface area contributed by atoms with E-state index in [0.717, 1.165) is 23.5 Å². The summed E-state index contributed by atoms with van der Waals surface area (Å²) in [7, 11) is 0. The second-order valence-corrected chi connectivity index (χ2v) is 5.36. The predicted octanol–water partition coefficient (Wildman–Crippen LogP) is 4.81. The summed E-state index contributed by atoms with van der Waals surface area (Å²) in [5.74, 6) is 1.77. The predicted molar refractivity (Wildman–Crippen MR) is 84.4 cm³/mol. The van der Waals surface area contributed by atoms with E-state index in [4.69, 9.17) is 10.5 Å². The molecule has 0 aliphatic rings. The number of para-hydroxylation sites is 1. The average Bonchev–Trinajstić information content (AvgIpc) is 2.44. The maximum atomic E-state index is 6.17. The van der Waals surface area contributed by atoms with E-state index in [1.165, 1.54) is 16.7 Å². The maximum Gasteiger partial charge on any atom is 0.132 e. The van der Waals surface area contributed by atoms with Gasteiger partial charge >= 0.3 is 0 Å². The molecule has 2 nitrogen and oxygen atoms in total. The van der Waals surface area contributed by atoms with Gasteiger partial charge in [-0.05, 0) is 56.0 Å². The van der Waals surface area contributed by atoms with Crippen LogP contribution in [0.5, 0.6) is 11.5 Å². The fourth-order valence-electron chi connectivity index (χ4n) is 2.32. The first kappa shape index (κ1) is 14.6. The summed E-state index contributed by atoms with van der Waals surface area (Å²) in [6.07, 6.45) is 0.895. The number of hydrogen-bond donors (Lipinski definition) is 1. The standard InChI is InChI=1S/C18H23NO/c1-5-16(19)15-8-6-7-9-17(15)20-18-11-12(2)10-13(3)14(18)4/h6-11,16H,5,19H2,1-4H3. The van der Waals surface area contributed by atoms with Crippen LogP contribution in [-0.4, -0.2) is 0 Å². The molecule has 2 heteroatoms. The highest BCUT2D eigenvalue weighted by atomic mass is 16.5. The van der Waals surface area contributed by atoms with E-state index in [-0.39, 0.29) is 6.04 Å². The van der Waals surface area contributed by atoms with Crippen molar-refractivity contribution in [3.8, 4) is 11.5 Å². The summed E-state index contributed by atoms with van der Waals surface area (Å²) in [6.45, 7) is 8.37. The number of ether oxygens (including phenoxy) is 1. The molecule has 0 aromatic heterocycles. The number of hydrogen-bond acceptors (Lipinski definition) is 2. The molecule has 2 aromatic carbocycles. The molecule has 0 spiro atoms. The maximum absolute atomic E-state index is 6.17. The van der Waals surface area contributed by atoms with Gasteiger partial charge in [0.2, 0.25) is 0 Å². The summed E-state index contributed by atoms with van der Waals surface area (Å²) in [5, 5.41) is 0. The molecule has 106 valence electrons. The minimum absolute atomic E-state index is 0.0115. The van der Waals surface area contributed by atoms with Crippen LogP contribution in [0.25, 0.3) is 0 Å². The molecule has 0 fully saturated rings. The Morgan fingerprint density at radius 1 is 1.05 bits per heavy atom. The van der Waals surface area contributed by atoms with Gasteiger partial charge in [-0.3, -0.25) is 0 Å². The number of benzene rings is 2. The Morgan fingerprint density at radius 3 is 2.45 bits per heavy atom.